The van der Waals surface area contributed by atoms with Crippen molar-refractivity contribution in [2.24, 2.45) is 0 Å². The van der Waals surface area contributed by atoms with Crippen LogP contribution in [0.4, 0.5) is 0 Å². The van der Waals surface area contributed by atoms with E-state index in [2.05, 4.69) is 24.3 Å². The molecule has 16 heavy (non-hydrogen) atoms. The van der Waals surface area contributed by atoms with E-state index in [-0.39, 0.29) is 0 Å². The molecule has 0 saturated heterocycles. The Labute approximate surface area is 114 Å². The predicted molar refractivity (Wildman–Crippen MR) is 71.2 cm³/mol. The third kappa shape index (κ3) is 12.4. The van der Waals surface area contributed by atoms with E-state index in [9.17, 15) is 0 Å². The second-order valence-corrected chi connectivity index (χ2v) is 12.6. The molecule has 0 aromatic rings. The molecule has 0 aromatic heterocycles. The summed E-state index contributed by atoms with van der Waals surface area (Å²) >= 11 is -1.84. The summed E-state index contributed by atoms with van der Waals surface area (Å²) in [5.74, 6) is 0. The summed E-state index contributed by atoms with van der Waals surface area (Å²) in [5.41, 5.74) is 0. The summed E-state index contributed by atoms with van der Waals surface area (Å²) in [5, 5.41) is 0. The van der Waals surface area contributed by atoms with Gasteiger partial charge in [0, 0.05) is 0 Å². The molecule has 88 valence electrons. The summed E-state index contributed by atoms with van der Waals surface area (Å²) in [6.07, 6.45) is 20.0. The molecule has 0 aliphatic heterocycles. The fourth-order valence-electron chi connectivity index (χ4n) is 0.680. The van der Waals surface area contributed by atoms with Crippen LogP contribution in [0.15, 0.2) is 36.5 Å². The van der Waals surface area contributed by atoms with Gasteiger partial charge in [-0.2, -0.15) is 12.2 Å². The second kappa shape index (κ2) is 11.8. The molecule has 0 aromatic carbocycles. The maximum absolute atomic E-state index is 5.54. The van der Waals surface area contributed by atoms with Crippen molar-refractivity contribution in [2.75, 3.05) is 0 Å². The molecule has 0 saturated carbocycles. The van der Waals surface area contributed by atoms with Crippen LogP contribution in [0.1, 0.15) is 26.7 Å². The van der Waals surface area contributed by atoms with Crippen molar-refractivity contribution in [3.8, 4) is 0 Å². The van der Waals surface area contributed by atoms with Gasteiger partial charge in [0.15, 0.2) is 0 Å². The molecule has 2 aliphatic carbocycles. The van der Waals surface area contributed by atoms with E-state index in [1.165, 1.54) is 3.21 Å². The Hall–Kier alpha value is 0.293. The van der Waals surface area contributed by atoms with E-state index in [0.29, 0.717) is 0 Å². The number of hydrogen-bond acceptors (Lipinski definition) is 0. The quantitative estimate of drug-likeness (QED) is 0.562. The summed E-state index contributed by atoms with van der Waals surface area (Å²) in [6.45, 7) is 3.96. The molecule has 0 N–H and O–H groups in total. The maximum Gasteiger partial charge on any atom is -0.109 e. The standard InChI is InChI=1S/2C5H5.C3H6.2ClH.Zr/c2*1-2-4-5-3-1;1-3-2;;;/h2*1-3H,4H2;1-2H3;2*1H;/q2*-1;;;;+2/p-2. The topological polar surface area (TPSA) is 0 Å². The van der Waals surface area contributed by atoms with Crippen molar-refractivity contribution < 1.29 is 18.9 Å². The molecule has 0 nitrogen and oxygen atoms in total. The van der Waals surface area contributed by atoms with Crippen LogP contribution in [0.3, 0.4) is 0 Å². The summed E-state index contributed by atoms with van der Waals surface area (Å²) in [7, 11) is 11.1. The first-order valence-electron chi connectivity index (χ1n) is 5.06. The van der Waals surface area contributed by atoms with Crippen LogP contribution in [0.5, 0.6) is 0 Å². The van der Waals surface area contributed by atoms with Gasteiger partial charge in [-0.25, -0.2) is 24.3 Å². The first-order valence-corrected chi connectivity index (χ1v) is 12.6. The van der Waals surface area contributed by atoms with Crippen molar-refractivity contribution in [2.45, 2.75) is 26.7 Å². The molecule has 0 bridgehead atoms. The van der Waals surface area contributed by atoms with Crippen molar-refractivity contribution in [3.63, 3.8) is 0 Å². The number of allylic oxidation sites excluding steroid dienone is 8. The van der Waals surface area contributed by atoms with Gasteiger partial charge in [0.05, 0.1) is 0 Å². The average molecular weight is 334 g/mol. The van der Waals surface area contributed by atoms with E-state index >= 15 is 0 Å². The number of hydrogen-bond donors (Lipinski definition) is 0. The van der Waals surface area contributed by atoms with Gasteiger partial charge in [0.2, 0.25) is 0 Å². The molecule has 0 spiro atoms. The molecule has 0 fully saturated rings. The Morgan fingerprint density at radius 3 is 1.44 bits per heavy atom. The molecular formula is C13H16Cl2Zr-2. The second-order valence-electron chi connectivity index (χ2n) is 3.27. The molecule has 2 aliphatic rings. The van der Waals surface area contributed by atoms with Crippen LogP contribution >= 0.6 is 17.0 Å². The van der Waals surface area contributed by atoms with Gasteiger partial charge in [-0.1, -0.05) is 0 Å². The fraction of sp³-hybridized carbons (Fsp3) is 0.308. The van der Waals surface area contributed by atoms with Crippen LogP contribution in [-0.4, -0.2) is 3.21 Å². The Balaban J connectivity index is 0.000000211. The van der Waals surface area contributed by atoms with Crippen LogP contribution in [0.2, 0.25) is 0 Å². The first-order chi connectivity index (χ1) is 7.64. The van der Waals surface area contributed by atoms with Gasteiger partial charge in [0.25, 0.3) is 0 Å². The van der Waals surface area contributed by atoms with Gasteiger partial charge in [-0.3, -0.25) is 12.2 Å². The molecule has 3 heteroatoms. The SMILES string of the molecule is C[C](C)=[Zr]([Cl])[Cl].[C-]1=CC=CC1.[C-]1=CC=CC1. The van der Waals surface area contributed by atoms with Gasteiger partial charge in [-0.05, 0) is 0 Å². The van der Waals surface area contributed by atoms with E-state index in [4.69, 9.17) is 17.0 Å². The monoisotopic (exact) mass is 332 g/mol. The molecule has 0 heterocycles. The van der Waals surface area contributed by atoms with Crippen molar-refractivity contribution in [1.82, 2.24) is 0 Å². The zero-order valence-electron chi connectivity index (χ0n) is 9.63. The molecular weight excluding hydrogens is 318 g/mol. The minimum absolute atomic E-state index is 1.01. The first kappa shape index (κ1) is 16.3. The minimum atomic E-state index is -1.84. The minimum Gasteiger partial charge on any atom is -0.273 e. The number of rotatable bonds is 0. The molecule has 0 radical (unpaired) electrons. The number of halogens is 2. The van der Waals surface area contributed by atoms with Crippen molar-refractivity contribution in [1.29, 1.82) is 0 Å². The van der Waals surface area contributed by atoms with Crippen LogP contribution < -0.4 is 0 Å². The van der Waals surface area contributed by atoms with Crippen molar-refractivity contribution >= 4 is 20.2 Å². The zero-order valence-corrected chi connectivity index (χ0v) is 13.6. The molecule has 0 atom stereocenters. The van der Waals surface area contributed by atoms with Gasteiger partial charge >= 0.3 is 53.0 Å². The Kier molecular flexibility index (Phi) is 12.0. The summed E-state index contributed by atoms with van der Waals surface area (Å²) in [6, 6.07) is 0. The molecule has 0 unspecified atom stereocenters. The Morgan fingerprint density at radius 2 is 1.38 bits per heavy atom. The largest absolute Gasteiger partial charge is 0.273 e. The van der Waals surface area contributed by atoms with Gasteiger partial charge < -0.3 is 0 Å². The average Bonchev–Trinajstić information content (AvgIpc) is 2.97. The summed E-state index contributed by atoms with van der Waals surface area (Å²) < 4.78 is 1.24. The third-order valence-corrected chi connectivity index (χ3v) is 7.88. The zero-order chi connectivity index (χ0) is 12.2. The van der Waals surface area contributed by atoms with Crippen LogP contribution in [0, 0.1) is 12.2 Å². The molecule has 2 rings (SSSR count). The smallest absolute Gasteiger partial charge is 0.109 e. The maximum atomic E-state index is 5.54. The van der Waals surface area contributed by atoms with Gasteiger partial charge in [0.1, 0.15) is 0 Å². The van der Waals surface area contributed by atoms with E-state index < -0.39 is 18.9 Å². The van der Waals surface area contributed by atoms with Crippen molar-refractivity contribution in [3.05, 3.63) is 48.6 Å². The molecule has 0 amide bonds. The Bertz CT molecular complexity index is 263. The summed E-state index contributed by atoms with van der Waals surface area (Å²) in [4.78, 5) is 0. The van der Waals surface area contributed by atoms with Crippen LogP contribution in [0.25, 0.3) is 0 Å². The predicted octanol–water partition coefficient (Wildman–Crippen LogP) is 4.74. The van der Waals surface area contributed by atoms with E-state index in [1.807, 2.05) is 38.2 Å². The van der Waals surface area contributed by atoms with E-state index in [0.717, 1.165) is 12.8 Å². The van der Waals surface area contributed by atoms with Gasteiger partial charge in [-0.15, -0.1) is 12.8 Å². The van der Waals surface area contributed by atoms with Crippen LogP contribution in [-0.2, 0) is 18.9 Å². The third-order valence-electron chi connectivity index (χ3n) is 1.55. The normalized spacial score (nSPS) is 14.0. The fourth-order valence-corrected chi connectivity index (χ4v) is 0.680. The van der Waals surface area contributed by atoms with E-state index in [1.54, 1.807) is 0 Å². The Morgan fingerprint density at radius 1 is 1.00 bits per heavy atom.